The first-order chi connectivity index (χ1) is 7.10. The fraction of sp³-hybridized carbons (Fsp3) is 0.900. The van der Waals surface area contributed by atoms with E-state index in [1.807, 2.05) is 6.92 Å². The molecule has 1 unspecified atom stereocenters. The van der Waals surface area contributed by atoms with Gasteiger partial charge >= 0.3 is 6.18 Å². The molecule has 3 nitrogen and oxygen atoms in total. The summed E-state index contributed by atoms with van der Waals surface area (Å²) in [6, 6.07) is 0. The summed E-state index contributed by atoms with van der Waals surface area (Å²) in [5, 5.41) is 0. The van der Waals surface area contributed by atoms with Crippen molar-refractivity contribution in [3.05, 3.63) is 0 Å². The number of carbonyl (C=O) groups is 1. The van der Waals surface area contributed by atoms with E-state index in [1.165, 1.54) is 7.05 Å². The lowest BCUT2D eigenvalue weighted by molar-refractivity contribution is -0.146. The highest BCUT2D eigenvalue weighted by molar-refractivity contribution is 5.85. The molecule has 2 N–H and O–H groups in total. The van der Waals surface area contributed by atoms with Crippen LogP contribution < -0.4 is 5.73 Å². The minimum atomic E-state index is -4.25. The van der Waals surface area contributed by atoms with Crippen LogP contribution in [0.4, 0.5) is 13.2 Å². The minimum Gasteiger partial charge on any atom is -0.344 e. The van der Waals surface area contributed by atoms with Crippen molar-refractivity contribution in [2.75, 3.05) is 13.6 Å². The van der Waals surface area contributed by atoms with Crippen molar-refractivity contribution in [3.63, 3.8) is 0 Å². The maximum Gasteiger partial charge on any atom is 0.390 e. The van der Waals surface area contributed by atoms with Gasteiger partial charge in [0.05, 0.1) is 12.0 Å². The summed E-state index contributed by atoms with van der Waals surface area (Å²) in [4.78, 5) is 12.7. The van der Waals surface area contributed by atoms with E-state index in [2.05, 4.69) is 0 Å². The highest BCUT2D eigenvalue weighted by atomic mass is 19.4. The standard InChI is InChI=1S/C10H19F3N2O/c1-4-5-9(2,14)8(16)15(3)7-6-10(11,12)13/h4-7,14H2,1-3H3. The van der Waals surface area contributed by atoms with Crippen LogP contribution in [-0.4, -0.2) is 36.1 Å². The van der Waals surface area contributed by atoms with Gasteiger partial charge in [0.25, 0.3) is 0 Å². The Morgan fingerprint density at radius 1 is 1.31 bits per heavy atom. The Labute approximate surface area is 93.8 Å². The van der Waals surface area contributed by atoms with Gasteiger partial charge in [0.2, 0.25) is 5.91 Å². The molecule has 0 saturated heterocycles. The quantitative estimate of drug-likeness (QED) is 0.798. The number of hydrogen-bond acceptors (Lipinski definition) is 2. The maximum atomic E-state index is 12.0. The normalized spacial score (nSPS) is 15.7. The Balaban J connectivity index is 4.28. The number of nitrogens with two attached hydrogens (primary N) is 1. The molecule has 0 heterocycles. The lowest BCUT2D eigenvalue weighted by Crippen LogP contribution is -2.52. The monoisotopic (exact) mass is 240 g/mol. The summed E-state index contributed by atoms with van der Waals surface area (Å²) in [6.07, 6.45) is -4.07. The molecule has 0 bridgehead atoms. The van der Waals surface area contributed by atoms with Crippen LogP contribution in [-0.2, 0) is 4.79 Å². The molecule has 0 fully saturated rings. The van der Waals surface area contributed by atoms with Crippen LogP contribution >= 0.6 is 0 Å². The van der Waals surface area contributed by atoms with E-state index in [0.717, 1.165) is 4.90 Å². The summed E-state index contributed by atoms with van der Waals surface area (Å²) < 4.78 is 35.9. The summed E-state index contributed by atoms with van der Waals surface area (Å²) >= 11 is 0. The fourth-order valence-electron chi connectivity index (χ4n) is 1.46. The number of amides is 1. The molecule has 16 heavy (non-hydrogen) atoms. The van der Waals surface area contributed by atoms with Crippen molar-refractivity contribution in [1.29, 1.82) is 0 Å². The van der Waals surface area contributed by atoms with Gasteiger partial charge in [0.1, 0.15) is 0 Å². The fourth-order valence-corrected chi connectivity index (χ4v) is 1.46. The SMILES string of the molecule is CCCC(C)(N)C(=O)N(C)CCC(F)(F)F. The lowest BCUT2D eigenvalue weighted by atomic mass is 9.96. The molecule has 0 rings (SSSR count). The molecule has 0 aromatic heterocycles. The van der Waals surface area contributed by atoms with Crippen molar-refractivity contribution in [1.82, 2.24) is 4.90 Å². The van der Waals surface area contributed by atoms with Gasteiger partial charge in [-0.2, -0.15) is 13.2 Å². The zero-order valence-electron chi connectivity index (χ0n) is 9.90. The van der Waals surface area contributed by atoms with Gasteiger partial charge in [0, 0.05) is 13.6 Å². The molecule has 0 spiro atoms. The zero-order valence-corrected chi connectivity index (χ0v) is 9.90. The zero-order chi connectivity index (χ0) is 13.0. The summed E-state index contributed by atoms with van der Waals surface area (Å²) in [7, 11) is 1.34. The lowest BCUT2D eigenvalue weighted by Gasteiger charge is -2.29. The number of rotatable bonds is 5. The topological polar surface area (TPSA) is 46.3 Å². The third-order valence-electron chi connectivity index (χ3n) is 2.34. The molecule has 1 atom stereocenters. The summed E-state index contributed by atoms with van der Waals surface area (Å²) in [5.74, 6) is -0.446. The van der Waals surface area contributed by atoms with Gasteiger partial charge in [0.15, 0.2) is 0 Å². The molecule has 0 radical (unpaired) electrons. The van der Waals surface area contributed by atoms with Crippen molar-refractivity contribution < 1.29 is 18.0 Å². The Kier molecular flexibility index (Phi) is 5.25. The maximum absolute atomic E-state index is 12.0. The molecule has 96 valence electrons. The highest BCUT2D eigenvalue weighted by Crippen LogP contribution is 2.20. The smallest absolute Gasteiger partial charge is 0.344 e. The van der Waals surface area contributed by atoms with E-state index in [9.17, 15) is 18.0 Å². The molecule has 0 saturated carbocycles. The van der Waals surface area contributed by atoms with Gasteiger partial charge in [-0.1, -0.05) is 13.3 Å². The van der Waals surface area contributed by atoms with Gasteiger partial charge in [-0.25, -0.2) is 0 Å². The largest absolute Gasteiger partial charge is 0.390 e. The average Bonchev–Trinajstić information content (AvgIpc) is 2.11. The molecule has 0 aliphatic rings. The third-order valence-corrected chi connectivity index (χ3v) is 2.34. The van der Waals surface area contributed by atoms with Crippen LogP contribution in [0.3, 0.4) is 0 Å². The Morgan fingerprint density at radius 3 is 2.19 bits per heavy atom. The van der Waals surface area contributed by atoms with E-state index in [1.54, 1.807) is 6.92 Å². The second-order valence-corrected chi connectivity index (χ2v) is 4.26. The molecule has 0 aromatic rings. The number of likely N-dealkylation sites (N-methyl/N-ethyl adjacent to an activating group) is 1. The van der Waals surface area contributed by atoms with Crippen molar-refractivity contribution in [2.45, 2.75) is 44.8 Å². The molecular weight excluding hydrogens is 221 g/mol. The van der Waals surface area contributed by atoms with Crippen molar-refractivity contribution in [2.24, 2.45) is 5.73 Å². The molecule has 0 aliphatic carbocycles. The molecule has 6 heteroatoms. The first kappa shape index (κ1) is 15.2. The van der Waals surface area contributed by atoms with Gasteiger partial charge in [-0.05, 0) is 13.3 Å². The van der Waals surface area contributed by atoms with Crippen LogP contribution in [0.2, 0.25) is 0 Å². The summed E-state index contributed by atoms with van der Waals surface area (Å²) in [5.41, 5.74) is 4.66. The van der Waals surface area contributed by atoms with Gasteiger partial charge in [-0.3, -0.25) is 4.79 Å². The third kappa shape index (κ3) is 5.34. The van der Waals surface area contributed by atoms with Crippen LogP contribution in [0, 0.1) is 0 Å². The van der Waals surface area contributed by atoms with Gasteiger partial charge < -0.3 is 10.6 Å². The Morgan fingerprint density at radius 2 is 1.81 bits per heavy atom. The van der Waals surface area contributed by atoms with Crippen molar-refractivity contribution in [3.8, 4) is 0 Å². The van der Waals surface area contributed by atoms with E-state index in [0.29, 0.717) is 12.8 Å². The van der Waals surface area contributed by atoms with E-state index < -0.39 is 24.0 Å². The average molecular weight is 240 g/mol. The second kappa shape index (κ2) is 5.52. The minimum absolute atomic E-state index is 0.348. The van der Waals surface area contributed by atoms with E-state index >= 15 is 0 Å². The number of nitrogens with zero attached hydrogens (tertiary/aromatic N) is 1. The van der Waals surface area contributed by atoms with Gasteiger partial charge in [-0.15, -0.1) is 0 Å². The molecular formula is C10H19F3N2O. The number of carbonyl (C=O) groups excluding carboxylic acids is 1. The van der Waals surface area contributed by atoms with Crippen LogP contribution in [0.15, 0.2) is 0 Å². The first-order valence-corrected chi connectivity index (χ1v) is 5.21. The Bertz CT molecular complexity index is 239. The molecule has 0 aromatic carbocycles. The number of halogens is 3. The van der Waals surface area contributed by atoms with E-state index in [4.69, 9.17) is 5.73 Å². The van der Waals surface area contributed by atoms with Crippen LogP contribution in [0.5, 0.6) is 0 Å². The van der Waals surface area contributed by atoms with Crippen molar-refractivity contribution >= 4 is 5.91 Å². The number of alkyl halides is 3. The van der Waals surface area contributed by atoms with Crippen LogP contribution in [0.1, 0.15) is 33.1 Å². The number of hydrogen-bond donors (Lipinski definition) is 1. The molecule has 0 aliphatic heterocycles. The second-order valence-electron chi connectivity index (χ2n) is 4.26. The predicted octanol–water partition coefficient (Wildman–Crippen LogP) is 1.91. The Hall–Kier alpha value is -0.780. The molecule has 1 amide bonds. The van der Waals surface area contributed by atoms with E-state index in [-0.39, 0.29) is 6.54 Å². The van der Waals surface area contributed by atoms with Crippen LogP contribution in [0.25, 0.3) is 0 Å². The highest BCUT2D eigenvalue weighted by Gasteiger charge is 2.33. The first-order valence-electron chi connectivity index (χ1n) is 5.21. The summed E-state index contributed by atoms with van der Waals surface area (Å²) in [6.45, 7) is 3.07. The predicted molar refractivity (Wildman–Crippen MR) is 55.8 cm³/mol.